The Hall–Kier alpha value is -4.14. The van der Waals surface area contributed by atoms with E-state index >= 15 is 0 Å². The molecule has 4 aromatic rings. The monoisotopic (exact) mass is 514 g/mol. The second-order valence-corrected chi connectivity index (χ2v) is 9.27. The van der Waals surface area contributed by atoms with Crippen LogP contribution in [0.15, 0.2) is 78.9 Å². The molecule has 0 fully saturated rings. The number of carbonyl (C=O) groups is 1. The van der Waals surface area contributed by atoms with Crippen LogP contribution in [-0.4, -0.2) is 63.1 Å². The number of pyridine rings is 1. The van der Waals surface area contributed by atoms with Crippen LogP contribution in [0, 0.1) is 0 Å². The maximum atomic E-state index is 12.9. The van der Waals surface area contributed by atoms with Crippen molar-refractivity contribution in [3.63, 3.8) is 0 Å². The molecule has 1 aromatic heterocycles. The van der Waals surface area contributed by atoms with Crippen LogP contribution in [0.4, 0.5) is 0 Å². The van der Waals surface area contributed by atoms with Crippen molar-refractivity contribution < 1.29 is 28.5 Å². The fraction of sp³-hybridized carbons (Fsp3) is 0.267. The third-order valence-corrected chi connectivity index (χ3v) is 6.27. The van der Waals surface area contributed by atoms with Gasteiger partial charge in [-0.25, -0.2) is 4.98 Å². The van der Waals surface area contributed by atoms with Gasteiger partial charge in [-0.1, -0.05) is 30.3 Å². The van der Waals surface area contributed by atoms with E-state index in [1.54, 1.807) is 24.1 Å². The minimum atomic E-state index is -0.824. The quantitative estimate of drug-likeness (QED) is 0.308. The number of rotatable bonds is 8. The van der Waals surface area contributed by atoms with E-state index in [-0.39, 0.29) is 6.54 Å². The summed E-state index contributed by atoms with van der Waals surface area (Å²) in [5.74, 6) is 1.33. The summed E-state index contributed by atoms with van der Waals surface area (Å²) < 4.78 is 29.6. The Morgan fingerprint density at radius 2 is 1.76 bits per heavy atom. The highest BCUT2D eigenvalue weighted by Gasteiger charge is 2.43. The molecular formula is C30H30N2O6. The molecule has 5 rings (SSSR count). The lowest BCUT2D eigenvalue weighted by Gasteiger charge is -2.38. The Bertz CT molecular complexity index is 1440. The number of ether oxygens (including phenoxy) is 5. The highest BCUT2D eigenvalue weighted by atomic mass is 16.7. The van der Waals surface area contributed by atoms with Gasteiger partial charge in [0.15, 0.2) is 6.10 Å². The van der Waals surface area contributed by atoms with Crippen molar-refractivity contribution in [3.05, 3.63) is 84.4 Å². The predicted molar refractivity (Wildman–Crippen MR) is 143 cm³/mol. The molecular weight excluding hydrogens is 484 g/mol. The van der Waals surface area contributed by atoms with E-state index < -0.39 is 24.5 Å². The van der Waals surface area contributed by atoms with Crippen LogP contribution in [-0.2, 0) is 14.3 Å². The number of para-hydroxylation sites is 1. The molecule has 0 amide bonds. The highest BCUT2D eigenvalue weighted by Crippen LogP contribution is 2.42. The topological polar surface area (TPSA) is 79.4 Å². The molecule has 1 aliphatic heterocycles. The van der Waals surface area contributed by atoms with Crippen LogP contribution < -0.4 is 14.2 Å². The molecule has 3 aromatic carbocycles. The maximum absolute atomic E-state index is 12.9. The smallest absolute Gasteiger partial charge is 0.320 e. The van der Waals surface area contributed by atoms with Crippen molar-refractivity contribution in [2.75, 3.05) is 34.9 Å². The summed E-state index contributed by atoms with van der Waals surface area (Å²) in [5, 5.41) is 1.06. The van der Waals surface area contributed by atoms with E-state index in [9.17, 15) is 4.79 Å². The number of benzene rings is 3. The first-order valence-corrected chi connectivity index (χ1v) is 12.3. The van der Waals surface area contributed by atoms with Crippen LogP contribution in [0.5, 0.6) is 17.2 Å². The average molecular weight is 515 g/mol. The van der Waals surface area contributed by atoms with E-state index in [1.807, 2.05) is 80.8 Å². The van der Waals surface area contributed by atoms with Crippen molar-refractivity contribution in [1.82, 2.24) is 9.88 Å². The van der Waals surface area contributed by atoms with Crippen LogP contribution in [0.3, 0.4) is 0 Å². The van der Waals surface area contributed by atoms with Gasteiger partial charge in [0.25, 0.3) is 0 Å². The largest absolute Gasteiger partial charge is 0.497 e. The Morgan fingerprint density at radius 1 is 0.947 bits per heavy atom. The normalized spacial score (nSPS) is 18.5. The van der Waals surface area contributed by atoms with E-state index in [2.05, 4.69) is 0 Å². The van der Waals surface area contributed by atoms with Gasteiger partial charge in [0, 0.05) is 29.7 Å². The molecule has 8 heteroatoms. The van der Waals surface area contributed by atoms with E-state index in [4.69, 9.17) is 28.7 Å². The zero-order chi connectivity index (χ0) is 26.6. The van der Waals surface area contributed by atoms with E-state index in [0.717, 1.165) is 22.2 Å². The molecule has 2 heterocycles. The fourth-order valence-corrected chi connectivity index (χ4v) is 4.47. The van der Waals surface area contributed by atoms with E-state index in [1.165, 1.54) is 7.11 Å². The van der Waals surface area contributed by atoms with E-state index in [0.29, 0.717) is 22.8 Å². The van der Waals surface area contributed by atoms with Crippen molar-refractivity contribution in [2.45, 2.75) is 18.5 Å². The van der Waals surface area contributed by atoms with Crippen molar-refractivity contribution in [2.24, 2.45) is 0 Å². The number of methoxy groups -OCH3 is 2. The van der Waals surface area contributed by atoms with Crippen LogP contribution >= 0.6 is 0 Å². The van der Waals surface area contributed by atoms with Gasteiger partial charge in [0.05, 0.1) is 24.9 Å². The number of aromatic nitrogens is 1. The summed E-state index contributed by atoms with van der Waals surface area (Å²) in [5.41, 5.74) is 3.23. The molecule has 8 nitrogen and oxygen atoms in total. The lowest BCUT2D eigenvalue weighted by atomic mass is 9.96. The van der Waals surface area contributed by atoms with Gasteiger partial charge in [-0.3, -0.25) is 9.69 Å². The number of carbonyl (C=O) groups excluding carboxylic acids is 1. The minimum Gasteiger partial charge on any atom is -0.497 e. The van der Waals surface area contributed by atoms with Crippen molar-refractivity contribution >= 4 is 16.9 Å². The lowest BCUT2D eigenvalue weighted by molar-refractivity contribution is -0.187. The van der Waals surface area contributed by atoms with Crippen LogP contribution in [0.2, 0.25) is 0 Å². The summed E-state index contributed by atoms with van der Waals surface area (Å²) in [6, 6.07) is 24.9. The molecule has 0 spiro atoms. The summed E-state index contributed by atoms with van der Waals surface area (Å²) in [7, 11) is 6.74. The number of likely N-dealkylation sites (N-methyl/N-ethyl adjacent to an activating group) is 1. The molecule has 0 saturated carbocycles. The summed E-state index contributed by atoms with van der Waals surface area (Å²) in [4.78, 5) is 19.5. The van der Waals surface area contributed by atoms with Crippen molar-refractivity contribution in [1.29, 1.82) is 0 Å². The molecule has 0 N–H and O–H groups in total. The number of esters is 1. The molecule has 0 saturated heterocycles. The third kappa shape index (κ3) is 5.41. The highest BCUT2D eigenvalue weighted by molar-refractivity contribution is 5.81. The van der Waals surface area contributed by atoms with Gasteiger partial charge < -0.3 is 23.7 Å². The Morgan fingerprint density at radius 3 is 2.55 bits per heavy atom. The Balaban J connectivity index is 1.56. The molecule has 1 aliphatic rings. The zero-order valence-electron chi connectivity index (χ0n) is 21.8. The lowest BCUT2D eigenvalue weighted by Crippen LogP contribution is -2.47. The summed E-state index contributed by atoms with van der Waals surface area (Å²) in [6.07, 6.45) is -2.41. The SMILES string of the molecule is COc1cccc(O[C@H]2C(OC(=O)CN(C)C)c3cc(-c4ccc5ccccc5n4)ccc3O[C@H]2OC)c1. The fourth-order valence-electron chi connectivity index (χ4n) is 4.47. The Labute approximate surface area is 221 Å². The average Bonchev–Trinajstić information content (AvgIpc) is 2.93. The second-order valence-electron chi connectivity index (χ2n) is 9.27. The number of nitrogens with zero attached hydrogens (tertiary/aromatic N) is 2. The molecule has 1 unspecified atom stereocenters. The third-order valence-electron chi connectivity index (χ3n) is 6.27. The van der Waals surface area contributed by atoms with Gasteiger partial charge in [-0.2, -0.15) is 0 Å². The first-order valence-electron chi connectivity index (χ1n) is 12.3. The van der Waals surface area contributed by atoms with Gasteiger partial charge in [-0.15, -0.1) is 0 Å². The molecule has 3 atom stereocenters. The van der Waals surface area contributed by atoms with Gasteiger partial charge in [0.1, 0.15) is 17.2 Å². The minimum absolute atomic E-state index is 0.113. The van der Waals surface area contributed by atoms with Crippen molar-refractivity contribution in [3.8, 4) is 28.5 Å². The second kappa shape index (κ2) is 11.1. The maximum Gasteiger partial charge on any atom is 0.320 e. The summed E-state index contributed by atoms with van der Waals surface area (Å²) >= 11 is 0. The number of hydrogen-bond acceptors (Lipinski definition) is 8. The first-order chi connectivity index (χ1) is 18.4. The van der Waals surface area contributed by atoms with Gasteiger partial charge in [0.2, 0.25) is 12.4 Å². The van der Waals surface area contributed by atoms with Gasteiger partial charge in [-0.05, 0) is 56.6 Å². The Kier molecular flexibility index (Phi) is 7.44. The van der Waals surface area contributed by atoms with Crippen LogP contribution in [0.25, 0.3) is 22.2 Å². The number of fused-ring (bicyclic) bond motifs is 2. The molecule has 0 aliphatic carbocycles. The molecule has 196 valence electrons. The summed E-state index contributed by atoms with van der Waals surface area (Å²) in [6.45, 7) is 0.113. The molecule has 38 heavy (non-hydrogen) atoms. The molecule has 0 bridgehead atoms. The van der Waals surface area contributed by atoms with Crippen LogP contribution in [0.1, 0.15) is 11.7 Å². The predicted octanol–water partition coefficient (Wildman–Crippen LogP) is 4.87. The van der Waals surface area contributed by atoms with Gasteiger partial charge >= 0.3 is 5.97 Å². The standard InChI is InChI=1S/C30H30N2O6/c1-32(2)18-27(33)38-28-23-16-20(25-14-12-19-8-5-6-11-24(19)31-25)13-15-26(23)37-30(35-4)29(28)36-22-10-7-9-21(17-22)34-3/h5-17,28-30H,18H2,1-4H3/t28?,29-,30+/m0/s1. The molecule has 0 radical (unpaired) electrons. The number of hydrogen-bond donors (Lipinski definition) is 0. The zero-order valence-corrected chi connectivity index (χ0v) is 21.8. The first kappa shape index (κ1) is 25.5.